The van der Waals surface area contributed by atoms with Crippen LogP contribution in [0.5, 0.6) is 0 Å². The molecule has 0 unspecified atom stereocenters. The van der Waals surface area contributed by atoms with E-state index in [1.807, 2.05) is 60.7 Å². The molecule has 3 aromatic rings. The molecule has 25 heavy (non-hydrogen) atoms. The molecule has 0 aliphatic carbocycles. The van der Waals surface area contributed by atoms with Crippen LogP contribution >= 0.6 is 0 Å². The van der Waals surface area contributed by atoms with Crippen molar-refractivity contribution in [2.24, 2.45) is 0 Å². The van der Waals surface area contributed by atoms with E-state index in [4.69, 9.17) is 0 Å². The first-order valence-electron chi connectivity index (χ1n) is 8.30. The summed E-state index contributed by atoms with van der Waals surface area (Å²) in [6.45, 7) is 0. The highest BCUT2D eigenvalue weighted by atomic mass is 16.2. The molecule has 0 saturated heterocycles. The van der Waals surface area contributed by atoms with E-state index in [2.05, 4.69) is 30.3 Å². The molecule has 0 heterocycles. The molecule has 0 atom stereocenters. The smallest absolute Gasteiger partial charge is 0.253 e. The largest absolute Gasteiger partial charge is 0.345 e. The Morgan fingerprint density at radius 1 is 0.720 bits per heavy atom. The lowest BCUT2D eigenvalue weighted by atomic mass is 9.91. The molecule has 0 aliphatic heterocycles. The molecule has 2 heteroatoms. The van der Waals surface area contributed by atoms with Gasteiger partial charge in [-0.3, -0.25) is 4.79 Å². The Morgan fingerprint density at radius 3 is 1.84 bits per heavy atom. The van der Waals surface area contributed by atoms with E-state index in [1.165, 1.54) is 0 Å². The van der Waals surface area contributed by atoms with E-state index in [9.17, 15) is 4.79 Å². The summed E-state index contributed by atoms with van der Waals surface area (Å²) in [5.41, 5.74) is 4.88. The SMILES string of the molecule is CN(C)C(=O)c1ccccc1/C(=C/c1ccccc1)c1ccccc1. The summed E-state index contributed by atoms with van der Waals surface area (Å²) >= 11 is 0. The predicted molar refractivity (Wildman–Crippen MR) is 104 cm³/mol. The Hall–Kier alpha value is -3.13. The van der Waals surface area contributed by atoms with Crippen LogP contribution in [-0.4, -0.2) is 24.9 Å². The Balaban J connectivity index is 2.21. The summed E-state index contributed by atoms with van der Waals surface area (Å²) in [7, 11) is 3.56. The molecule has 0 spiro atoms. The topological polar surface area (TPSA) is 20.3 Å². The average molecular weight is 327 g/mol. The van der Waals surface area contributed by atoms with Crippen molar-refractivity contribution in [3.8, 4) is 0 Å². The lowest BCUT2D eigenvalue weighted by molar-refractivity contribution is 0.0827. The van der Waals surface area contributed by atoms with Gasteiger partial charge in [0.2, 0.25) is 0 Å². The van der Waals surface area contributed by atoms with Crippen molar-refractivity contribution in [3.63, 3.8) is 0 Å². The zero-order valence-electron chi connectivity index (χ0n) is 14.5. The van der Waals surface area contributed by atoms with Crippen LogP contribution in [0, 0.1) is 0 Å². The fourth-order valence-corrected chi connectivity index (χ4v) is 2.80. The maximum absolute atomic E-state index is 12.7. The fourth-order valence-electron chi connectivity index (χ4n) is 2.80. The normalized spacial score (nSPS) is 11.2. The fraction of sp³-hybridized carbons (Fsp3) is 0.0870. The van der Waals surface area contributed by atoms with E-state index < -0.39 is 0 Å². The zero-order chi connectivity index (χ0) is 17.6. The van der Waals surface area contributed by atoms with Crippen LogP contribution in [-0.2, 0) is 0 Å². The molecule has 0 fully saturated rings. The van der Waals surface area contributed by atoms with Gasteiger partial charge in [0.25, 0.3) is 5.91 Å². The molecule has 0 aliphatic rings. The number of carbonyl (C=O) groups excluding carboxylic acids is 1. The van der Waals surface area contributed by atoms with Crippen molar-refractivity contribution in [2.75, 3.05) is 14.1 Å². The van der Waals surface area contributed by atoms with Crippen LogP contribution in [0.25, 0.3) is 11.6 Å². The second-order valence-corrected chi connectivity index (χ2v) is 6.08. The molecule has 0 N–H and O–H groups in total. The maximum atomic E-state index is 12.7. The van der Waals surface area contributed by atoms with E-state index in [1.54, 1.807) is 19.0 Å². The lowest BCUT2D eigenvalue weighted by Crippen LogP contribution is -2.22. The van der Waals surface area contributed by atoms with Crippen molar-refractivity contribution >= 4 is 17.6 Å². The first-order valence-corrected chi connectivity index (χ1v) is 8.30. The molecular formula is C23H21NO. The number of nitrogens with zero attached hydrogens (tertiary/aromatic N) is 1. The van der Waals surface area contributed by atoms with Crippen molar-refractivity contribution in [2.45, 2.75) is 0 Å². The summed E-state index contributed by atoms with van der Waals surface area (Å²) in [6.07, 6.45) is 2.14. The number of rotatable bonds is 4. The van der Waals surface area contributed by atoms with Crippen LogP contribution in [0.15, 0.2) is 84.9 Å². The van der Waals surface area contributed by atoms with Gasteiger partial charge in [-0.15, -0.1) is 0 Å². The Morgan fingerprint density at radius 2 is 1.24 bits per heavy atom. The zero-order valence-corrected chi connectivity index (χ0v) is 14.5. The van der Waals surface area contributed by atoms with Crippen LogP contribution in [0.2, 0.25) is 0 Å². The van der Waals surface area contributed by atoms with E-state index >= 15 is 0 Å². The van der Waals surface area contributed by atoms with Crippen molar-refractivity contribution < 1.29 is 4.79 Å². The standard InChI is InChI=1S/C23H21NO/c1-24(2)23(25)21-16-10-9-15-20(21)22(19-13-7-4-8-14-19)17-18-11-5-3-6-12-18/h3-17H,1-2H3/b22-17+. The van der Waals surface area contributed by atoms with Crippen LogP contribution in [0.3, 0.4) is 0 Å². The van der Waals surface area contributed by atoms with Gasteiger partial charge >= 0.3 is 0 Å². The molecule has 124 valence electrons. The van der Waals surface area contributed by atoms with Gasteiger partial charge in [-0.1, -0.05) is 78.9 Å². The molecule has 0 saturated carbocycles. The quantitative estimate of drug-likeness (QED) is 0.619. The summed E-state index contributed by atoms with van der Waals surface area (Å²) in [4.78, 5) is 14.3. The minimum atomic E-state index is 0.00509. The van der Waals surface area contributed by atoms with Crippen molar-refractivity contribution in [1.29, 1.82) is 0 Å². The van der Waals surface area contributed by atoms with Gasteiger partial charge in [0.05, 0.1) is 0 Å². The maximum Gasteiger partial charge on any atom is 0.253 e. The minimum absolute atomic E-state index is 0.00509. The summed E-state index contributed by atoms with van der Waals surface area (Å²) in [5, 5.41) is 0. The monoisotopic (exact) mass is 327 g/mol. The molecule has 0 aromatic heterocycles. The van der Waals surface area contributed by atoms with Gasteiger partial charge in [0.1, 0.15) is 0 Å². The number of amides is 1. The van der Waals surface area contributed by atoms with E-state index in [0.717, 1.165) is 22.3 Å². The van der Waals surface area contributed by atoms with Crippen molar-refractivity contribution in [1.82, 2.24) is 4.90 Å². The highest BCUT2D eigenvalue weighted by Gasteiger charge is 2.16. The first kappa shape index (κ1) is 16.7. The second kappa shape index (κ2) is 7.63. The number of carbonyl (C=O) groups is 1. The number of benzene rings is 3. The minimum Gasteiger partial charge on any atom is -0.345 e. The summed E-state index contributed by atoms with van der Waals surface area (Å²) in [6, 6.07) is 28.2. The number of hydrogen-bond acceptors (Lipinski definition) is 1. The third-order valence-corrected chi connectivity index (χ3v) is 4.05. The molecule has 3 rings (SSSR count). The van der Waals surface area contributed by atoms with Crippen LogP contribution < -0.4 is 0 Å². The average Bonchev–Trinajstić information content (AvgIpc) is 2.67. The third kappa shape index (κ3) is 3.86. The summed E-state index contributed by atoms with van der Waals surface area (Å²) in [5.74, 6) is 0.00509. The second-order valence-electron chi connectivity index (χ2n) is 6.08. The molecule has 0 bridgehead atoms. The Labute approximate surface area is 149 Å². The Kier molecular flexibility index (Phi) is 5.10. The van der Waals surface area contributed by atoms with Gasteiger partial charge in [-0.2, -0.15) is 0 Å². The molecule has 2 nitrogen and oxygen atoms in total. The lowest BCUT2D eigenvalue weighted by Gasteiger charge is -2.17. The van der Waals surface area contributed by atoms with Gasteiger partial charge in [-0.05, 0) is 34.4 Å². The number of hydrogen-bond donors (Lipinski definition) is 0. The Bertz CT molecular complexity index is 880. The third-order valence-electron chi connectivity index (χ3n) is 4.05. The molecule has 0 radical (unpaired) electrons. The van der Waals surface area contributed by atoms with Crippen LogP contribution in [0.4, 0.5) is 0 Å². The van der Waals surface area contributed by atoms with Gasteiger partial charge in [0.15, 0.2) is 0 Å². The molecular weight excluding hydrogens is 306 g/mol. The highest BCUT2D eigenvalue weighted by Crippen LogP contribution is 2.29. The van der Waals surface area contributed by atoms with Gasteiger partial charge < -0.3 is 4.90 Å². The van der Waals surface area contributed by atoms with Crippen LogP contribution in [0.1, 0.15) is 27.0 Å². The first-order chi connectivity index (χ1) is 12.2. The highest BCUT2D eigenvalue weighted by molar-refractivity contribution is 6.03. The van der Waals surface area contributed by atoms with Crippen molar-refractivity contribution in [3.05, 3.63) is 107 Å². The summed E-state index contributed by atoms with van der Waals surface area (Å²) < 4.78 is 0. The molecule has 1 amide bonds. The molecule has 3 aromatic carbocycles. The van der Waals surface area contributed by atoms with E-state index in [-0.39, 0.29) is 5.91 Å². The van der Waals surface area contributed by atoms with Gasteiger partial charge in [-0.25, -0.2) is 0 Å². The van der Waals surface area contributed by atoms with Gasteiger partial charge in [0, 0.05) is 19.7 Å². The van der Waals surface area contributed by atoms with E-state index in [0.29, 0.717) is 5.56 Å². The predicted octanol–water partition coefficient (Wildman–Crippen LogP) is 4.98.